The van der Waals surface area contributed by atoms with Crippen LogP contribution in [-0.2, 0) is 0 Å². The molecule has 0 aliphatic carbocycles. The van der Waals surface area contributed by atoms with Gasteiger partial charge in [0.15, 0.2) is 5.78 Å². The lowest BCUT2D eigenvalue weighted by atomic mass is 10.1. The number of fused-ring (bicyclic) bond motifs is 1. The van der Waals surface area contributed by atoms with Crippen LogP contribution >= 0.6 is 69.6 Å². The molecule has 3 amide bonds. The van der Waals surface area contributed by atoms with E-state index < -0.39 is 30.0 Å². The van der Waals surface area contributed by atoms with Gasteiger partial charge in [0, 0.05) is 10.6 Å². The number of nitrogens with zero attached hydrogens (tertiary/aromatic N) is 2. The predicted octanol–water partition coefficient (Wildman–Crippen LogP) is 7.14. The Labute approximate surface area is 228 Å². The topological polar surface area (TPSA) is 74.8 Å². The molecule has 0 unspecified atom stereocenters. The largest absolute Gasteiger partial charge is 0.292 e. The van der Waals surface area contributed by atoms with Gasteiger partial charge in [-0.1, -0.05) is 99.9 Å². The number of hydrogen-bond donors (Lipinski definition) is 0. The van der Waals surface area contributed by atoms with Crippen LogP contribution in [0, 0.1) is 0 Å². The first-order chi connectivity index (χ1) is 16.5. The van der Waals surface area contributed by atoms with Gasteiger partial charge in [-0.05, 0) is 18.2 Å². The number of Topliss-reactive ketones (excluding diaryl/α,β-unsaturated/α-hetero) is 1. The van der Waals surface area contributed by atoms with E-state index in [1.807, 2.05) is 0 Å². The molecule has 0 fully saturated rings. The van der Waals surface area contributed by atoms with Gasteiger partial charge < -0.3 is 0 Å². The first kappa shape index (κ1) is 25.8. The van der Waals surface area contributed by atoms with Crippen molar-refractivity contribution in [2.24, 2.45) is 0 Å². The van der Waals surface area contributed by atoms with E-state index >= 15 is 0 Å². The minimum Gasteiger partial charge on any atom is -0.292 e. The molecule has 6 nitrogen and oxygen atoms in total. The highest BCUT2D eigenvalue weighted by Gasteiger charge is 2.46. The molecule has 12 heteroatoms. The van der Waals surface area contributed by atoms with Crippen molar-refractivity contribution in [3.8, 4) is 0 Å². The van der Waals surface area contributed by atoms with Gasteiger partial charge in [-0.3, -0.25) is 19.2 Å². The van der Waals surface area contributed by atoms with Crippen molar-refractivity contribution in [2.45, 2.75) is 0 Å². The summed E-state index contributed by atoms with van der Waals surface area (Å²) in [4.78, 5) is 53.3. The van der Waals surface area contributed by atoms with Crippen LogP contribution in [0.5, 0.6) is 0 Å². The number of ketones is 1. The summed E-state index contributed by atoms with van der Waals surface area (Å²) in [5.74, 6) is -3.52. The Hall–Kier alpha value is -2.32. The van der Waals surface area contributed by atoms with E-state index in [0.717, 1.165) is 0 Å². The van der Waals surface area contributed by atoms with Crippen molar-refractivity contribution in [2.75, 3.05) is 6.54 Å². The number of hydrogen-bond acceptors (Lipinski definition) is 4. The Kier molecular flexibility index (Phi) is 7.34. The summed E-state index contributed by atoms with van der Waals surface area (Å²) in [6, 6.07) is 12.0. The third-order valence-corrected chi connectivity index (χ3v) is 7.46. The number of benzene rings is 3. The van der Waals surface area contributed by atoms with E-state index in [9.17, 15) is 19.2 Å². The van der Waals surface area contributed by atoms with Crippen LogP contribution in [0.3, 0.4) is 0 Å². The maximum Gasteiger partial charge on any atom is 0.282 e. The molecule has 0 saturated heterocycles. The lowest BCUT2D eigenvalue weighted by molar-refractivity contribution is 0.00533. The highest BCUT2D eigenvalue weighted by molar-refractivity contribution is 6.55. The second-order valence-corrected chi connectivity index (χ2v) is 9.56. The summed E-state index contributed by atoms with van der Waals surface area (Å²) >= 11 is 36.7. The van der Waals surface area contributed by atoms with Crippen LogP contribution in [0.1, 0.15) is 41.4 Å². The molecule has 0 bridgehead atoms. The Morgan fingerprint density at radius 2 is 1.29 bits per heavy atom. The fourth-order valence-electron chi connectivity index (χ4n) is 3.44. The Bertz CT molecular complexity index is 1380. The normalized spacial score (nSPS) is 12.7. The zero-order chi connectivity index (χ0) is 25.6. The minimum absolute atomic E-state index is 0.0570. The fourth-order valence-corrected chi connectivity index (χ4v) is 4.95. The Morgan fingerprint density at radius 3 is 1.80 bits per heavy atom. The van der Waals surface area contributed by atoms with Gasteiger partial charge >= 0.3 is 0 Å². The molecule has 1 heterocycles. The van der Waals surface area contributed by atoms with Crippen molar-refractivity contribution in [3.63, 3.8) is 0 Å². The second-order valence-electron chi connectivity index (χ2n) is 7.20. The molecule has 0 saturated carbocycles. The molecule has 0 aromatic heterocycles. The molecule has 35 heavy (non-hydrogen) atoms. The third kappa shape index (κ3) is 4.51. The van der Waals surface area contributed by atoms with Gasteiger partial charge in [0.25, 0.3) is 17.7 Å². The summed E-state index contributed by atoms with van der Waals surface area (Å²) < 4.78 is 0. The monoisotopic (exact) mass is 588 g/mol. The third-order valence-electron chi connectivity index (χ3n) is 5.11. The molecule has 3 aromatic rings. The summed E-state index contributed by atoms with van der Waals surface area (Å²) in [6.07, 6.45) is 0. The van der Waals surface area contributed by atoms with Gasteiger partial charge in [0.1, 0.15) is 6.54 Å². The van der Waals surface area contributed by atoms with E-state index in [4.69, 9.17) is 69.6 Å². The maximum absolute atomic E-state index is 13.6. The number of imide groups is 1. The summed E-state index contributed by atoms with van der Waals surface area (Å²) in [6.45, 7) is -0.691. The minimum atomic E-state index is -1.02. The molecule has 1 aliphatic heterocycles. The van der Waals surface area contributed by atoms with Crippen molar-refractivity contribution >= 4 is 93.1 Å². The number of amides is 3. The van der Waals surface area contributed by atoms with Gasteiger partial charge in [-0.25, -0.2) is 5.01 Å². The molecule has 0 spiro atoms. The Morgan fingerprint density at radius 1 is 0.743 bits per heavy atom. The first-order valence-corrected chi connectivity index (χ1v) is 11.9. The van der Waals surface area contributed by atoms with Crippen molar-refractivity contribution in [3.05, 3.63) is 101 Å². The van der Waals surface area contributed by atoms with Crippen LogP contribution in [0.4, 0.5) is 0 Å². The molecule has 0 atom stereocenters. The van der Waals surface area contributed by atoms with Crippen LogP contribution in [0.25, 0.3) is 0 Å². The molecule has 0 N–H and O–H groups in total. The van der Waals surface area contributed by atoms with E-state index in [-0.39, 0.29) is 52.4 Å². The Balaban J connectivity index is 1.85. The van der Waals surface area contributed by atoms with Gasteiger partial charge in [-0.2, -0.15) is 5.01 Å². The van der Waals surface area contributed by atoms with E-state index in [1.54, 1.807) is 18.2 Å². The van der Waals surface area contributed by atoms with Crippen LogP contribution < -0.4 is 0 Å². The molecular formula is C23H10Cl6N2O4. The average molecular weight is 591 g/mol. The smallest absolute Gasteiger partial charge is 0.282 e. The average Bonchev–Trinajstić information content (AvgIpc) is 3.09. The van der Waals surface area contributed by atoms with Gasteiger partial charge in [0.05, 0.1) is 41.8 Å². The van der Waals surface area contributed by atoms with Crippen LogP contribution in [-0.4, -0.2) is 40.1 Å². The summed E-state index contributed by atoms with van der Waals surface area (Å²) in [5, 5.41) is 0.234. The highest BCUT2D eigenvalue weighted by Crippen LogP contribution is 2.45. The predicted molar refractivity (Wildman–Crippen MR) is 135 cm³/mol. The lowest BCUT2D eigenvalue weighted by Crippen LogP contribution is -2.51. The molecular weight excluding hydrogens is 581 g/mol. The first-order valence-electron chi connectivity index (χ1n) is 9.64. The number of halogens is 6. The van der Waals surface area contributed by atoms with Crippen molar-refractivity contribution < 1.29 is 19.2 Å². The van der Waals surface area contributed by atoms with Crippen LogP contribution in [0.15, 0.2) is 48.5 Å². The lowest BCUT2D eigenvalue weighted by Gasteiger charge is -2.29. The van der Waals surface area contributed by atoms with E-state index in [0.29, 0.717) is 10.0 Å². The molecule has 178 valence electrons. The fraction of sp³-hybridized carbons (Fsp3) is 0.0435. The maximum atomic E-state index is 13.6. The van der Waals surface area contributed by atoms with Gasteiger partial charge in [0.2, 0.25) is 0 Å². The molecule has 3 aromatic carbocycles. The van der Waals surface area contributed by atoms with E-state index in [2.05, 4.69) is 0 Å². The van der Waals surface area contributed by atoms with Crippen LogP contribution in [0.2, 0.25) is 30.1 Å². The number of rotatable bonds is 5. The zero-order valence-corrected chi connectivity index (χ0v) is 21.7. The second kappa shape index (κ2) is 9.97. The number of carbonyl (C=O) groups excluding carboxylic acids is 4. The number of hydrazine groups is 1. The standard InChI is InChI=1S/C23H10Cl6N2O4/c24-11-6-7-12(13(25)8-11)21(33)30(9-14(32)10-4-2-1-3-5-10)31-22(34)15-16(23(31)35)18(27)20(29)19(28)17(15)26/h1-8H,9H2. The molecule has 1 aliphatic rings. The summed E-state index contributed by atoms with van der Waals surface area (Å²) in [5.41, 5.74) is -0.556. The van der Waals surface area contributed by atoms with Crippen molar-refractivity contribution in [1.29, 1.82) is 0 Å². The SMILES string of the molecule is O=C(CN(C(=O)c1ccc(Cl)cc1Cl)N1C(=O)c2c(Cl)c(Cl)c(Cl)c(Cl)c2C1=O)c1ccccc1. The number of carbonyl (C=O) groups is 4. The van der Waals surface area contributed by atoms with Crippen molar-refractivity contribution in [1.82, 2.24) is 10.0 Å². The molecule has 4 rings (SSSR count). The van der Waals surface area contributed by atoms with Gasteiger partial charge in [-0.15, -0.1) is 0 Å². The zero-order valence-electron chi connectivity index (χ0n) is 17.1. The highest BCUT2D eigenvalue weighted by atomic mass is 35.5. The quantitative estimate of drug-likeness (QED) is 0.137. The van der Waals surface area contributed by atoms with E-state index in [1.165, 1.54) is 30.3 Å². The summed E-state index contributed by atoms with van der Waals surface area (Å²) in [7, 11) is 0. The molecule has 0 radical (unpaired) electrons.